The van der Waals surface area contributed by atoms with Gasteiger partial charge in [0.15, 0.2) is 0 Å². The van der Waals surface area contributed by atoms with E-state index in [1.165, 1.54) is 6.92 Å². The molecule has 1 atom stereocenters. The molecule has 0 bridgehead atoms. The summed E-state index contributed by atoms with van der Waals surface area (Å²) < 4.78 is 0. The summed E-state index contributed by atoms with van der Waals surface area (Å²) in [7, 11) is 1.90. The van der Waals surface area contributed by atoms with Crippen LogP contribution >= 0.6 is 0 Å². The van der Waals surface area contributed by atoms with Crippen molar-refractivity contribution < 1.29 is 9.59 Å². The molecule has 0 fully saturated rings. The van der Waals surface area contributed by atoms with Crippen LogP contribution in [0.1, 0.15) is 13.8 Å². The molecular formula is C13H16N2O2. The van der Waals surface area contributed by atoms with E-state index in [9.17, 15) is 9.59 Å². The molecule has 1 aliphatic heterocycles. The maximum Gasteiger partial charge on any atom is 0.249 e. The molecule has 90 valence electrons. The standard InChI is InChI=1S/C13H16N2O2/c1-9(16)8-15-12-7-5-4-6-11(12)14(3)10(2)13(15)17/h4-7,10H,8H2,1-3H3. The lowest BCUT2D eigenvalue weighted by Crippen LogP contribution is -2.51. The van der Waals surface area contributed by atoms with E-state index in [-0.39, 0.29) is 24.3 Å². The Kier molecular flexibility index (Phi) is 2.88. The minimum Gasteiger partial charge on any atom is -0.361 e. The lowest BCUT2D eigenvalue weighted by Gasteiger charge is -2.39. The zero-order chi connectivity index (χ0) is 12.6. The van der Waals surface area contributed by atoms with E-state index in [0.717, 1.165) is 11.4 Å². The molecule has 1 aromatic rings. The van der Waals surface area contributed by atoms with Crippen LogP contribution in [0.3, 0.4) is 0 Å². The normalized spacial score (nSPS) is 19.2. The van der Waals surface area contributed by atoms with Crippen LogP contribution in [0, 0.1) is 0 Å². The fourth-order valence-corrected chi connectivity index (χ4v) is 2.09. The van der Waals surface area contributed by atoms with Gasteiger partial charge in [-0.2, -0.15) is 0 Å². The highest BCUT2D eigenvalue weighted by Crippen LogP contribution is 2.34. The third-order valence-electron chi connectivity index (χ3n) is 3.14. The van der Waals surface area contributed by atoms with Gasteiger partial charge in [-0.1, -0.05) is 12.1 Å². The zero-order valence-electron chi connectivity index (χ0n) is 10.3. The van der Waals surface area contributed by atoms with E-state index in [1.807, 2.05) is 43.1 Å². The molecule has 2 rings (SSSR count). The third-order valence-corrected chi connectivity index (χ3v) is 3.14. The lowest BCUT2D eigenvalue weighted by atomic mass is 10.1. The molecule has 0 radical (unpaired) electrons. The number of rotatable bonds is 2. The SMILES string of the molecule is CC(=O)CN1C(=O)C(C)N(C)c2ccccc21. The minimum absolute atomic E-state index is 0.00935. The second-order valence-corrected chi connectivity index (χ2v) is 4.40. The van der Waals surface area contributed by atoms with Gasteiger partial charge in [0.25, 0.3) is 0 Å². The van der Waals surface area contributed by atoms with Crippen LogP contribution in [-0.2, 0) is 9.59 Å². The molecule has 4 nitrogen and oxygen atoms in total. The number of benzene rings is 1. The molecule has 0 spiro atoms. The van der Waals surface area contributed by atoms with Gasteiger partial charge in [0.05, 0.1) is 17.9 Å². The third kappa shape index (κ3) is 1.90. The van der Waals surface area contributed by atoms with Gasteiger partial charge >= 0.3 is 0 Å². The number of hydrogen-bond donors (Lipinski definition) is 0. The van der Waals surface area contributed by atoms with Crippen molar-refractivity contribution in [2.75, 3.05) is 23.4 Å². The van der Waals surface area contributed by atoms with E-state index in [2.05, 4.69) is 0 Å². The lowest BCUT2D eigenvalue weighted by molar-refractivity contribution is -0.122. The highest BCUT2D eigenvalue weighted by molar-refractivity contribution is 6.07. The topological polar surface area (TPSA) is 40.6 Å². The van der Waals surface area contributed by atoms with Gasteiger partial charge in [-0.05, 0) is 26.0 Å². The first-order chi connectivity index (χ1) is 8.02. The van der Waals surface area contributed by atoms with E-state index in [4.69, 9.17) is 0 Å². The smallest absolute Gasteiger partial charge is 0.249 e. The molecule has 0 saturated carbocycles. The van der Waals surface area contributed by atoms with Gasteiger partial charge in [0.1, 0.15) is 11.8 Å². The first kappa shape index (κ1) is 11.6. The summed E-state index contributed by atoms with van der Waals surface area (Å²) in [5, 5.41) is 0. The highest BCUT2D eigenvalue weighted by Gasteiger charge is 2.33. The Labute approximate surface area is 101 Å². The maximum atomic E-state index is 12.2. The molecule has 0 aliphatic carbocycles. The van der Waals surface area contributed by atoms with Crippen LogP contribution < -0.4 is 9.80 Å². The molecule has 1 unspecified atom stereocenters. The summed E-state index contributed by atoms with van der Waals surface area (Å²) in [6, 6.07) is 7.42. The summed E-state index contributed by atoms with van der Waals surface area (Å²) in [4.78, 5) is 26.9. The van der Waals surface area contributed by atoms with Crippen molar-refractivity contribution in [3.8, 4) is 0 Å². The average Bonchev–Trinajstić information content (AvgIpc) is 2.31. The number of ketones is 1. The Bertz CT molecular complexity index is 470. The van der Waals surface area contributed by atoms with Gasteiger partial charge in [-0.25, -0.2) is 0 Å². The van der Waals surface area contributed by atoms with Crippen molar-refractivity contribution in [2.45, 2.75) is 19.9 Å². The minimum atomic E-state index is -0.232. The van der Waals surface area contributed by atoms with Crippen LogP contribution in [0.25, 0.3) is 0 Å². The van der Waals surface area contributed by atoms with Crippen LogP contribution in [0.15, 0.2) is 24.3 Å². The summed E-state index contributed by atoms with van der Waals surface area (Å²) in [6.45, 7) is 3.50. The van der Waals surface area contributed by atoms with Crippen molar-refractivity contribution in [1.82, 2.24) is 0 Å². The summed E-state index contributed by atoms with van der Waals surface area (Å²) in [5.41, 5.74) is 1.80. The number of amides is 1. The average molecular weight is 232 g/mol. The molecule has 0 aromatic heterocycles. The van der Waals surface area contributed by atoms with Crippen LogP contribution in [-0.4, -0.2) is 31.3 Å². The molecule has 4 heteroatoms. The van der Waals surface area contributed by atoms with Gasteiger partial charge in [0.2, 0.25) is 5.91 Å². The Hall–Kier alpha value is -1.84. The van der Waals surface area contributed by atoms with Crippen molar-refractivity contribution in [3.05, 3.63) is 24.3 Å². The van der Waals surface area contributed by atoms with E-state index >= 15 is 0 Å². The van der Waals surface area contributed by atoms with Crippen LogP contribution in [0.5, 0.6) is 0 Å². The quantitative estimate of drug-likeness (QED) is 0.775. The summed E-state index contributed by atoms with van der Waals surface area (Å²) in [5.74, 6) is -0.0358. The second kappa shape index (κ2) is 4.20. The molecular weight excluding hydrogens is 216 g/mol. The van der Waals surface area contributed by atoms with E-state index in [0.29, 0.717) is 0 Å². The van der Waals surface area contributed by atoms with Gasteiger partial charge in [-0.3, -0.25) is 9.59 Å². The molecule has 1 amide bonds. The monoisotopic (exact) mass is 232 g/mol. The second-order valence-electron chi connectivity index (χ2n) is 4.40. The number of hydrogen-bond acceptors (Lipinski definition) is 3. The van der Waals surface area contributed by atoms with Crippen molar-refractivity contribution >= 4 is 23.1 Å². The molecule has 1 heterocycles. The molecule has 1 aliphatic rings. The molecule has 0 N–H and O–H groups in total. The van der Waals surface area contributed by atoms with Crippen molar-refractivity contribution in [1.29, 1.82) is 0 Å². The Balaban J connectivity index is 2.49. The maximum absolute atomic E-state index is 12.2. The highest BCUT2D eigenvalue weighted by atomic mass is 16.2. The molecule has 1 aromatic carbocycles. The Morgan fingerprint density at radius 3 is 2.47 bits per heavy atom. The fourth-order valence-electron chi connectivity index (χ4n) is 2.09. The Morgan fingerprint density at radius 1 is 1.29 bits per heavy atom. The number of carbonyl (C=O) groups is 2. The first-order valence-electron chi connectivity index (χ1n) is 5.65. The van der Waals surface area contributed by atoms with E-state index < -0.39 is 0 Å². The van der Waals surface area contributed by atoms with Crippen LogP contribution in [0.4, 0.5) is 11.4 Å². The summed E-state index contributed by atoms with van der Waals surface area (Å²) >= 11 is 0. The number of carbonyl (C=O) groups excluding carboxylic acids is 2. The number of Topliss-reactive ketones (excluding diaryl/α,β-unsaturated/α-hetero) is 1. The first-order valence-corrected chi connectivity index (χ1v) is 5.65. The predicted octanol–water partition coefficient (Wildman–Crippen LogP) is 1.45. The van der Waals surface area contributed by atoms with E-state index in [1.54, 1.807) is 4.90 Å². The largest absolute Gasteiger partial charge is 0.361 e. The number of nitrogens with zero attached hydrogens (tertiary/aromatic N) is 2. The number of likely N-dealkylation sites (N-methyl/N-ethyl adjacent to an activating group) is 1. The van der Waals surface area contributed by atoms with Gasteiger partial charge in [-0.15, -0.1) is 0 Å². The van der Waals surface area contributed by atoms with Crippen molar-refractivity contribution in [3.63, 3.8) is 0 Å². The molecule has 0 saturated heterocycles. The number of para-hydroxylation sites is 2. The van der Waals surface area contributed by atoms with Gasteiger partial charge < -0.3 is 9.80 Å². The molecule has 17 heavy (non-hydrogen) atoms. The zero-order valence-corrected chi connectivity index (χ0v) is 10.3. The number of fused-ring (bicyclic) bond motifs is 1. The number of anilines is 2. The van der Waals surface area contributed by atoms with Crippen LogP contribution in [0.2, 0.25) is 0 Å². The Morgan fingerprint density at radius 2 is 1.88 bits per heavy atom. The summed E-state index contributed by atoms with van der Waals surface area (Å²) in [6.07, 6.45) is 0. The van der Waals surface area contributed by atoms with Gasteiger partial charge in [0, 0.05) is 7.05 Å². The predicted molar refractivity (Wildman–Crippen MR) is 67.3 cm³/mol. The van der Waals surface area contributed by atoms with Crippen molar-refractivity contribution in [2.24, 2.45) is 0 Å². The fraction of sp³-hybridized carbons (Fsp3) is 0.385.